The smallest absolute Gasteiger partial charge is 0.335 e. The highest BCUT2D eigenvalue weighted by Crippen LogP contribution is 2.30. The van der Waals surface area contributed by atoms with E-state index in [9.17, 15) is 9.59 Å². The Hall–Kier alpha value is -2.21. The van der Waals surface area contributed by atoms with Crippen molar-refractivity contribution in [3.63, 3.8) is 0 Å². The number of thiazole rings is 1. The highest BCUT2D eigenvalue weighted by Gasteiger charge is 2.25. The van der Waals surface area contributed by atoms with Gasteiger partial charge in [0.05, 0.1) is 17.6 Å². The van der Waals surface area contributed by atoms with Crippen molar-refractivity contribution in [1.82, 2.24) is 4.98 Å². The number of fused-ring (bicyclic) bond motifs is 1. The molecule has 0 saturated heterocycles. The van der Waals surface area contributed by atoms with Gasteiger partial charge in [0.25, 0.3) is 0 Å². The number of benzene rings is 1. The van der Waals surface area contributed by atoms with E-state index in [2.05, 4.69) is 4.98 Å². The fourth-order valence-electron chi connectivity index (χ4n) is 2.34. The second-order valence-electron chi connectivity index (χ2n) is 4.60. The van der Waals surface area contributed by atoms with Crippen LogP contribution < -0.4 is 4.90 Å². The van der Waals surface area contributed by atoms with Gasteiger partial charge in [0, 0.05) is 23.2 Å². The zero-order chi connectivity index (χ0) is 14.1. The summed E-state index contributed by atoms with van der Waals surface area (Å²) in [5, 5.41) is 9.02. The molecule has 0 radical (unpaired) electrons. The van der Waals surface area contributed by atoms with E-state index in [1.54, 1.807) is 34.8 Å². The van der Waals surface area contributed by atoms with Crippen molar-refractivity contribution in [3.05, 3.63) is 45.9 Å². The van der Waals surface area contributed by atoms with Gasteiger partial charge in [-0.15, -0.1) is 11.3 Å². The van der Waals surface area contributed by atoms with E-state index < -0.39 is 5.97 Å². The number of carboxylic acids is 1. The van der Waals surface area contributed by atoms with Crippen molar-refractivity contribution >= 4 is 28.9 Å². The Kier molecular flexibility index (Phi) is 3.23. The van der Waals surface area contributed by atoms with Gasteiger partial charge in [-0.25, -0.2) is 4.79 Å². The average Bonchev–Trinajstić information content (AvgIpc) is 2.94. The molecule has 0 aliphatic carbocycles. The maximum Gasteiger partial charge on any atom is 0.335 e. The van der Waals surface area contributed by atoms with Crippen LogP contribution in [0.2, 0.25) is 0 Å². The van der Waals surface area contributed by atoms with Crippen LogP contribution in [0.1, 0.15) is 27.2 Å². The molecule has 0 spiro atoms. The molecule has 2 aromatic rings. The first-order valence-electron chi connectivity index (χ1n) is 6.19. The van der Waals surface area contributed by atoms with Crippen LogP contribution in [0.3, 0.4) is 0 Å². The third-order valence-corrected chi connectivity index (χ3v) is 4.09. The minimum atomic E-state index is -0.946. The van der Waals surface area contributed by atoms with Gasteiger partial charge in [-0.05, 0) is 30.2 Å². The molecule has 0 bridgehead atoms. The van der Waals surface area contributed by atoms with Crippen LogP contribution in [0, 0.1) is 0 Å². The number of hydrogen-bond acceptors (Lipinski definition) is 4. The molecule has 1 aromatic heterocycles. The minimum absolute atomic E-state index is 0.0639. The number of carboxylic acid groups (broad SMARTS) is 1. The number of aromatic nitrogens is 1. The summed E-state index contributed by atoms with van der Waals surface area (Å²) < 4.78 is 0. The summed E-state index contributed by atoms with van der Waals surface area (Å²) >= 11 is 1.50. The normalized spacial score (nSPS) is 14.2. The second-order valence-corrected chi connectivity index (χ2v) is 5.57. The fraction of sp³-hybridized carbons (Fsp3) is 0.214. The molecule has 5 nitrogen and oxygen atoms in total. The van der Waals surface area contributed by atoms with Crippen LogP contribution in [-0.2, 0) is 17.8 Å². The number of rotatable bonds is 3. The highest BCUT2D eigenvalue weighted by atomic mass is 32.1. The predicted molar refractivity (Wildman–Crippen MR) is 75.0 cm³/mol. The van der Waals surface area contributed by atoms with Crippen LogP contribution in [0.25, 0.3) is 0 Å². The van der Waals surface area contributed by atoms with Gasteiger partial charge in [0.2, 0.25) is 5.91 Å². The molecule has 20 heavy (non-hydrogen) atoms. The predicted octanol–water partition coefficient (Wildman–Crippen LogP) is 2.32. The molecule has 0 fully saturated rings. The first-order chi connectivity index (χ1) is 9.65. The van der Waals surface area contributed by atoms with Gasteiger partial charge < -0.3 is 10.0 Å². The lowest BCUT2D eigenvalue weighted by molar-refractivity contribution is -0.119. The summed E-state index contributed by atoms with van der Waals surface area (Å²) in [6.45, 7) is 0.489. The number of hydrogen-bond donors (Lipinski definition) is 1. The van der Waals surface area contributed by atoms with Gasteiger partial charge >= 0.3 is 5.97 Å². The largest absolute Gasteiger partial charge is 0.478 e. The summed E-state index contributed by atoms with van der Waals surface area (Å²) in [6.07, 6.45) is 2.75. The number of anilines is 1. The van der Waals surface area contributed by atoms with Crippen molar-refractivity contribution in [1.29, 1.82) is 0 Å². The molecule has 102 valence electrons. The maximum atomic E-state index is 12.1. The Balaban J connectivity index is 1.96. The lowest BCUT2D eigenvalue weighted by atomic mass is 9.98. The van der Waals surface area contributed by atoms with E-state index in [4.69, 9.17) is 5.11 Å². The fourth-order valence-corrected chi connectivity index (χ4v) is 2.92. The highest BCUT2D eigenvalue weighted by molar-refractivity contribution is 7.09. The standard InChI is InChI=1S/C14H12N2O3S/c17-13-4-2-9-5-10(14(18)19)1-3-12(9)16(13)7-11-6-15-8-20-11/h1,3,5-6,8H,2,4,7H2,(H,18,19). The molecule has 1 N–H and O–H groups in total. The van der Waals surface area contributed by atoms with Gasteiger partial charge in [0.15, 0.2) is 0 Å². The maximum absolute atomic E-state index is 12.1. The van der Waals surface area contributed by atoms with Crippen LogP contribution in [0.4, 0.5) is 5.69 Å². The van der Waals surface area contributed by atoms with E-state index in [1.165, 1.54) is 11.3 Å². The third-order valence-electron chi connectivity index (χ3n) is 3.32. The number of aryl methyl sites for hydroxylation is 1. The quantitative estimate of drug-likeness (QED) is 0.941. The van der Waals surface area contributed by atoms with Crippen LogP contribution in [-0.4, -0.2) is 22.0 Å². The Labute approximate surface area is 119 Å². The summed E-state index contributed by atoms with van der Waals surface area (Å²) in [5.41, 5.74) is 3.71. The Bertz CT molecular complexity index is 667. The molecular formula is C14H12N2O3S. The third kappa shape index (κ3) is 2.30. The minimum Gasteiger partial charge on any atom is -0.478 e. The zero-order valence-corrected chi connectivity index (χ0v) is 11.4. The van der Waals surface area contributed by atoms with Crippen molar-refractivity contribution in [3.8, 4) is 0 Å². The van der Waals surface area contributed by atoms with E-state index in [0.29, 0.717) is 19.4 Å². The molecule has 6 heteroatoms. The molecule has 0 unspecified atom stereocenters. The Morgan fingerprint density at radius 2 is 2.25 bits per heavy atom. The molecule has 1 aliphatic rings. The van der Waals surface area contributed by atoms with E-state index in [-0.39, 0.29) is 11.5 Å². The van der Waals surface area contributed by atoms with E-state index in [0.717, 1.165) is 16.1 Å². The summed E-state index contributed by atoms with van der Waals surface area (Å²) in [6, 6.07) is 4.92. The molecule has 0 atom stereocenters. The number of aromatic carboxylic acids is 1. The van der Waals surface area contributed by atoms with Crippen molar-refractivity contribution < 1.29 is 14.7 Å². The Morgan fingerprint density at radius 1 is 1.40 bits per heavy atom. The van der Waals surface area contributed by atoms with Crippen molar-refractivity contribution in [2.45, 2.75) is 19.4 Å². The van der Waals surface area contributed by atoms with Crippen molar-refractivity contribution in [2.75, 3.05) is 4.90 Å². The summed E-state index contributed by atoms with van der Waals surface area (Å²) in [7, 11) is 0. The number of carbonyl (C=O) groups is 2. The average molecular weight is 288 g/mol. The molecule has 1 aliphatic heterocycles. The summed E-state index contributed by atoms with van der Waals surface area (Å²) in [5.74, 6) is -0.882. The number of nitrogens with zero attached hydrogens (tertiary/aromatic N) is 2. The first-order valence-corrected chi connectivity index (χ1v) is 7.07. The molecule has 0 saturated carbocycles. The topological polar surface area (TPSA) is 70.5 Å². The van der Waals surface area contributed by atoms with Crippen LogP contribution in [0.15, 0.2) is 29.9 Å². The van der Waals surface area contributed by atoms with Crippen LogP contribution in [0.5, 0.6) is 0 Å². The molecule has 1 aromatic carbocycles. The van der Waals surface area contributed by atoms with Crippen LogP contribution >= 0.6 is 11.3 Å². The second kappa shape index (κ2) is 5.05. The first kappa shape index (κ1) is 12.8. The lowest BCUT2D eigenvalue weighted by Gasteiger charge is -2.29. The van der Waals surface area contributed by atoms with Gasteiger partial charge in [-0.3, -0.25) is 9.78 Å². The van der Waals surface area contributed by atoms with E-state index >= 15 is 0 Å². The number of amides is 1. The van der Waals surface area contributed by atoms with Gasteiger partial charge in [-0.2, -0.15) is 0 Å². The van der Waals surface area contributed by atoms with E-state index in [1.807, 2.05) is 0 Å². The molecule has 2 heterocycles. The monoisotopic (exact) mass is 288 g/mol. The van der Waals surface area contributed by atoms with Crippen molar-refractivity contribution in [2.24, 2.45) is 0 Å². The lowest BCUT2D eigenvalue weighted by Crippen LogP contribution is -2.34. The van der Waals surface area contributed by atoms with Gasteiger partial charge in [0.1, 0.15) is 0 Å². The van der Waals surface area contributed by atoms with Gasteiger partial charge in [-0.1, -0.05) is 0 Å². The number of carbonyl (C=O) groups excluding carboxylic acids is 1. The molecule has 3 rings (SSSR count). The SMILES string of the molecule is O=C(O)c1ccc2c(c1)CCC(=O)N2Cc1cncs1. The molecule has 1 amide bonds. The molecular weight excluding hydrogens is 276 g/mol. The summed E-state index contributed by atoms with van der Waals surface area (Å²) in [4.78, 5) is 29.8. The Morgan fingerprint density at radius 3 is 2.95 bits per heavy atom. The zero-order valence-electron chi connectivity index (χ0n) is 10.6.